The van der Waals surface area contributed by atoms with Gasteiger partial charge in [-0.05, 0) is 0 Å². The predicted molar refractivity (Wildman–Crippen MR) is 61.1 cm³/mol. The van der Waals surface area contributed by atoms with Gasteiger partial charge >= 0.3 is 12.2 Å². The van der Waals surface area contributed by atoms with E-state index in [0.717, 1.165) is 10.9 Å². The fraction of sp³-hybridized carbons (Fsp3) is 0.300. The Morgan fingerprint density at radius 1 is 1.33 bits per heavy atom. The van der Waals surface area contributed by atoms with Gasteiger partial charge in [0.05, 0.1) is 0 Å². The maximum atomic E-state index is 13.2. The number of hydrogen-bond donors (Lipinski definition) is 3. The Bertz CT molecular complexity index is 745. The molecule has 0 radical (unpaired) electrons. The number of nitrogen functional groups attached to an aromatic ring is 1. The van der Waals surface area contributed by atoms with Crippen molar-refractivity contribution < 1.29 is 28.1 Å². The third-order valence-electron chi connectivity index (χ3n) is 3.01. The second-order valence-corrected chi connectivity index (χ2v) is 4.27. The van der Waals surface area contributed by atoms with E-state index in [-0.39, 0.29) is 17.0 Å². The van der Waals surface area contributed by atoms with Crippen LogP contribution in [-0.4, -0.2) is 41.9 Å². The Morgan fingerprint density at radius 3 is 2.67 bits per heavy atom. The van der Waals surface area contributed by atoms with Crippen molar-refractivity contribution in [3.05, 3.63) is 24.2 Å². The van der Waals surface area contributed by atoms with E-state index in [9.17, 15) is 23.4 Å². The lowest BCUT2D eigenvalue weighted by Gasteiger charge is -2.15. The fourth-order valence-electron chi connectivity index (χ4n) is 2.06. The topological polar surface area (TPSA) is 119 Å². The molecular formula is C10H8F3N5O3. The summed E-state index contributed by atoms with van der Waals surface area (Å²) in [5.74, 6) is -1.31. The first kappa shape index (κ1) is 13.6. The second kappa shape index (κ2) is 4.56. The molecule has 0 bridgehead atoms. The summed E-state index contributed by atoms with van der Waals surface area (Å²) in [7, 11) is 0. The first-order valence-corrected chi connectivity index (χ1v) is 5.63. The molecule has 21 heavy (non-hydrogen) atoms. The van der Waals surface area contributed by atoms with Crippen LogP contribution >= 0.6 is 0 Å². The highest BCUT2D eigenvalue weighted by atomic mass is 19.3. The lowest BCUT2D eigenvalue weighted by atomic mass is 10.2. The lowest BCUT2D eigenvalue weighted by Crippen LogP contribution is -2.27. The Balaban J connectivity index is 2.12. The number of halogens is 3. The van der Waals surface area contributed by atoms with Gasteiger partial charge in [0.25, 0.3) is 0 Å². The van der Waals surface area contributed by atoms with Crippen molar-refractivity contribution in [3.63, 3.8) is 0 Å². The molecule has 4 N–H and O–H groups in total. The summed E-state index contributed by atoms with van der Waals surface area (Å²) in [6.07, 6.45) is -7.43. The zero-order valence-corrected chi connectivity index (χ0v) is 10.1. The minimum Gasteiger partial charge on any atom is -0.463 e. The van der Waals surface area contributed by atoms with Crippen molar-refractivity contribution in [1.29, 1.82) is 0 Å². The van der Waals surface area contributed by atoms with Gasteiger partial charge in [0.1, 0.15) is 18.5 Å². The molecule has 3 heterocycles. The summed E-state index contributed by atoms with van der Waals surface area (Å²) in [5.41, 5.74) is 5.32. The zero-order chi connectivity index (χ0) is 15.3. The molecule has 3 atom stereocenters. The summed E-state index contributed by atoms with van der Waals surface area (Å²) in [6.45, 7) is 0. The highest BCUT2D eigenvalue weighted by molar-refractivity contribution is 5.81. The van der Waals surface area contributed by atoms with E-state index in [1.165, 1.54) is 0 Å². The normalized spacial score (nSPS) is 25.4. The average molecular weight is 303 g/mol. The number of aliphatic hydroxyl groups is 2. The van der Waals surface area contributed by atoms with Gasteiger partial charge in [-0.3, -0.25) is 4.57 Å². The number of anilines is 1. The van der Waals surface area contributed by atoms with Gasteiger partial charge in [0.15, 0.2) is 22.7 Å². The van der Waals surface area contributed by atoms with Crippen LogP contribution in [0.3, 0.4) is 0 Å². The van der Waals surface area contributed by atoms with Crippen molar-refractivity contribution >= 4 is 17.0 Å². The van der Waals surface area contributed by atoms with Gasteiger partial charge in [-0.1, -0.05) is 0 Å². The molecule has 0 amide bonds. The van der Waals surface area contributed by atoms with Crippen LogP contribution in [0.25, 0.3) is 11.2 Å². The molecule has 2 aromatic rings. The minimum atomic E-state index is -2.27. The summed E-state index contributed by atoms with van der Waals surface area (Å²) in [5, 5.41) is 19.3. The van der Waals surface area contributed by atoms with Crippen molar-refractivity contribution in [3.8, 4) is 0 Å². The number of rotatable bonds is 1. The molecule has 2 unspecified atom stereocenters. The quantitative estimate of drug-likeness (QED) is 0.630. The highest BCUT2D eigenvalue weighted by Crippen LogP contribution is 2.36. The SMILES string of the molecule is Nc1nc(F)nc2c1ncn2[C@@H]1OC(=C(F)F)C(O)C1O. The van der Waals surface area contributed by atoms with Gasteiger partial charge in [-0.2, -0.15) is 23.1 Å². The molecule has 1 fully saturated rings. The molecule has 1 saturated heterocycles. The van der Waals surface area contributed by atoms with Gasteiger partial charge in [0.2, 0.25) is 6.23 Å². The summed E-state index contributed by atoms with van der Waals surface area (Å²) in [6, 6.07) is 0. The smallest absolute Gasteiger partial charge is 0.312 e. The second-order valence-electron chi connectivity index (χ2n) is 4.27. The number of ether oxygens (including phenoxy) is 1. The van der Waals surface area contributed by atoms with Crippen LogP contribution in [0.4, 0.5) is 19.0 Å². The van der Waals surface area contributed by atoms with Crippen molar-refractivity contribution in [1.82, 2.24) is 19.5 Å². The van der Waals surface area contributed by atoms with E-state index < -0.39 is 36.4 Å². The van der Waals surface area contributed by atoms with Crippen LogP contribution < -0.4 is 5.73 Å². The molecule has 0 spiro atoms. The molecule has 1 aliphatic rings. The molecule has 3 rings (SSSR count). The van der Waals surface area contributed by atoms with E-state index >= 15 is 0 Å². The third kappa shape index (κ3) is 1.97. The maximum absolute atomic E-state index is 13.2. The summed E-state index contributed by atoms with van der Waals surface area (Å²) in [4.78, 5) is 10.5. The summed E-state index contributed by atoms with van der Waals surface area (Å²) < 4.78 is 44.1. The number of hydrogen-bond acceptors (Lipinski definition) is 7. The average Bonchev–Trinajstić information content (AvgIpc) is 2.93. The number of fused-ring (bicyclic) bond motifs is 1. The first-order chi connectivity index (χ1) is 9.90. The van der Waals surface area contributed by atoms with E-state index in [4.69, 9.17) is 10.5 Å². The molecule has 112 valence electrons. The first-order valence-electron chi connectivity index (χ1n) is 5.63. The van der Waals surface area contributed by atoms with Crippen LogP contribution in [0.1, 0.15) is 6.23 Å². The maximum Gasteiger partial charge on any atom is 0.312 e. The van der Waals surface area contributed by atoms with Gasteiger partial charge in [-0.25, -0.2) is 4.98 Å². The number of aliphatic hydroxyl groups excluding tert-OH is 2. The van der Waals surface area contributed by atoms with E-state index in [1.54, 1.807) is 0 Å². The van der Waals surface area contributed by atoms with Gasteiger partial charge in [-0.15, -0.1) is 0 Å². The van der Waals surface area contributed by atoms with Crippen LogP contribution in [0.2, 0.25) is 0 Å². The van der Waals surface area contributed by atoms with Crippen LogP contribution in [0, 0.1) is 6.08 Å². The van der Waals surface area contributed by atoms with Crippen molar-refractivity contribution in [2.24, 2.45) is 0 Å². The minimum absolute atomic E-state index is 0.0137. The largest absolute Gasteiger partial charge is 0.463 e. The molecule has 8 nitrogen and oxygen atoms in total. The fourth-order valence-corrected chi connectivity index (χ4v) is 2.06. The number of nitrogens with zero attached hydrogens (tertiary/aromatic N) is 4. The monoisotopic (exact) mass is 303 g/mol. The molecule has 0 saturated carbocycles. The number of aromatic nitrogens is 4. The molecule has 2 aromatic heterocycles. The molecule has 1 aliphatic heterocycles. The van der Waals surface area contributed by atoms with Crippen LogP contribution in [-0.2, 0) is 4.74 Å². The van der Waals surface area contributed by atoms with E-state index in [1.807, 2.05) is 0 Å². The Labute approximate surface area is 114 Å². The van der Waals surface area contributed by atoms with Gasteiger partial charge in [0, 0.05) is 0 Å². The Morgan fingerprint density at radius 2 is 2.05 bits per heavy atom. The molecule has 0 aliphatic carbocycles. The molecule has 11 heteroatoms. The molecule has 0 aromatic carbocycles. The predicted octanol–water partition coefficient (Wildman–Crippen LogP) is -0.0937. The molecular weight excluding hydrogens is 295 g/mol. The highest BCUT2D eigenvalue weighted by Gasteiger charge is 2.44. The lowest BCUT2D eigenvalue weighted by molar-refractivity contribution is -0.0124. The van der Waals surface area contributed by atoms with Crippen LogP contribution in [0.15, 0.2) is 18.2 Å². The number of imidazole rings is 1. The Kier molecular flexibility index (Phi) is 2.95. The van der Waals surface area contributed by atoms with Crippen molar-refractivity contribution in [2.75, 3.05) is 5.73 Å². The number of nitrogens with two attached hydrogens (primary N) is 1. The summed E-state index contributed by atoms with van der Waals surface area (Å²) >= 11 is 0. The van der Waals surface area contributed by atoms with Crippen molar-refractivity contribution in [2.45, 2.75) is 18.4 Å². The zero-order valence-electron chi connectivity index (χ0n) is 10.1. The van der Waals surface area contributed by atoms with E-state index in [2.05, 4.69) is 15.0 Å². The Hall–Kier alpha value is -2.40. The van der Waals surface area contributed by atoms with E-state index in [0.29, 0.717) is 0 Å². The van der Waals surface area contributed by atoms with Crippen LogP contribution in [0.5, 0.6) is 0 Å². The van der Waals surface area contributed by atoms with Gasteiger partial charge < -0.3 is 20.7 Å². The standard InChI is InChI=1S/C10H8F3N5O3/c11-6(12)5-3(19)4(20)9(21-5)18-1-15-2-7(14)16-10(13)17-8(2)18/h1,3-4,9,19-20H,(H2,14,16,17)/t3?,4?,9-/m1/s1. The third-order valence-corrected chi connectivity index (χ3v) is 3.01.